The van der Waals surface area contributed by atoms with Gasteiger partial charge in [-0.25, -0.2) is 0 Å². The summed E-state index contributed by atoms with van der Waals surface area (Å²) in [6, 6.07) is 0. The minimum Gasteiger partial charge on any atom is -0.499 e. The number of nitrogens with zero attached hydrogens (tertiary/aromatic N) is 1. The first kappa shape index (κ1) is 12.5. The van der Waals surface area contributed by atoms with Gasteiger partial charge in [0.1, 0.15) is 0 Å². The Morgan fingerprint density at radius 1 is 1.23 bits per heavy atom. The molecule has 0 spiro atoms. The fourth-order valence-corrected chi connectivity index (χ4v) is 1.22. The molecule has 0 N–H and O–H groups in total. The Morgan fingerprint density at radius 3 is 2.31 bits per heavy atom. The fourth-order valence-electron chi connectivity index (χ4n) is 1.22. The summed E-state index contributed by atoms with van der Waals surface area (Å²) in [5.41, 5.74) is 0. The van der Waals surface area contributed by atoms with Crippen molar-refractivity contribution < 1.29 is 4.74 Å². The molecule has 0 rings (SSSR count). The molecule has 0 bridgehead atoms. The van der Waals surface area contributed by atoms with Gasteiger partial charge in [0.05, 0.1) is 12.4 Å². The lowest BCUT2D eigenvalue weighted by atomic mass is 10.3. The fraction of sp³-hybridized carbons (Fsp3) is 0.818. The summed E-state index contributed by atoms with van der Waals surface area (Å²) in [6.07, 6.45) is 2.35. The van der Waals surface area contributed by atoms with Crippen molar-refractivity contribution in [3.05, 3.63) is 12.3 Å². The smallest absolute Gasteiger partial charge is 0.0877 e. The highest BCUT2D eigenvalue weighted by atomic mass is 16.5. The first-order valence-corrected chi connectivity index (χ1v) is 5.21. The van der Waals surface area contributed by atoms with Crippen molar-refractivity contribution in [3.63, 3.8) is 0 Å². The van der Waals surface area contributed by atoms with Gasteiger partial charge < -0.3 is 9.64 Å². The van der Waals surface area contributed by atoms with E-state index >= 15 is 0 Å². The minimum absolute atomic E-state index is 0.816. The van der Waals surface area contributed by atoms with Gasteiger partial charge in [0.2, 0.25) is 0 Å². The normalized spacial score (nSPS) is 10.5. The molecule has 0 atom stereocenters. The molecule has 0 aromatic rings. The van der Waals surface area contributed by atoms with E-state index in [-0.39, 0.29) is 0 Å². The molecule has 0 amide bonds. The van der Waals surface area contributed by atoms with E-state index in [9.17, 15) is 0 Å². The minimum atomic E-state index is 0.816. The Balaban J connectivity index is 3.19. The van der Waals surface area contributed by atoms with Crippen LogP contribution < -0.4 is 0 Å². The average molecular weight is 185 g/mol. The first-order chi connectivity index (χ1) is 6.20. The van der Waals surface area contributed by atoms with Crippen LogP contribution in [0.4, 0.5) is 0 Å². The summed E-state index contributed by atoms with van der Waals surface area (Å²) in [4.78, 5) is 2.43. The van der Waals surface area contributed by atoms with E-state index in [0.717, 1.165) is 31.9 Å². The summed E-state index contributed by atoms with van der Waals surface area (Å²) in [7, 11) is 0. The Morgan fingerprint density at radius 2 is 1.85 bits per heavy atom. The maximum Gasteiger partial charge on any atom is 0.0877 e. The molecule has 2 nitrogen and oxygen atoms in total. The molecule has 0 aliphatic heterocycles. The van der Waals surface area contributed by atoms with Gasteiger partial charge in [-0.05, 0) is 39.4 Å². The van der Waals surface area contributed by atoms with E-state index in [0.29, 0.717) is 0 Å². The standard InChI is InChI=1S/C11H23NO/c1-5-12(6-2)9-7-8-10-13-11(3)4/h3,5-10H2,1-2,4H3. The van der Waals surface area contributed by atoms with E-state index in [1.807, 2.05) is 6.92 Å². The van der Waals surface area contributed by atoms with Crippen molar-refractivity contribution in [2.75, 3.05) is 26.2 Å². The van der Waals surface area contributed by atoms with E-state index in [4.69, 9.17) is 4.74 Å². The Bertz CT molecular complexity index is 130. The number of ether oxygens (including phenoxy) is 1. The highest BCUT2D eigenvalue weighted by molar-refractivity contribution is 4.73. The summed E-state index contributed by atoms with van der Waals surface area (Å²) >= 11 is 0. The second kappa shape index (κ2) is 8.11. The monoisotopic (exact) mass is 185 g/mol. The summed E-state index contributed by atoms with van der Waals surface area (Å²) in [5, 5.41) is 0. The molecule has 78 valence electrons. The molecular formula is C11H23NO. The molecule has 0 aliphatic carbocycles. The molecular weight excluding hydrogens is 162 g/mol. The highest BCUT2D eigenvalue weighted by Crippen LogP contribution is 1.98. The van der Waals surface area contributed by atoms with E-state index < -0.39 is 0 Å². The predicted octanol–water partition coefficient (Wildman–Crippen LogP) is 2.66. The SMILES string of the molecule is C=C(C)OCCCCN(CC)CC. The van der Waals surface area contributed by atoms with Gasteiger partial charge in [-0.15, -0.1) is 0 Å². The van der Waals surface area contributed by atoms with Crippen LogP contribution in [-0.2, 0) is 4.74 Å². The molecule has 0 aromatic carbocycles. The van der Waals surface area contributed by atoms with Gasteiger partial charge in [-0.1, -0.05) is 20.4 Å². The molecule has 0 fully saturated rings. The van der Waals surface area contributed by atoms with Crippen LogP contribution in [0.2, 0.25) is 0 Å². The Labute approximate surface area is 82.6 Å². The average Bonchev–Trinajstić information content (AvgIpc) is 2.11. The topological polar surface area (TPSA) is 12.5 Å². The van der Waals surface area contributed by atoms with Gasteiger partial charge in [-0.2, -0.15) is 0 Å². The molecule has 0 saturated heterocycles. The van der Waals surface area contributed by atoms with Gasteiger partial charge in [0.25, 0.3) is 0 Å². The van der Waals surface area contributed by atoms with Crippen molar-refractivity contribution in [2.24, 2.45) is 0 Å². The van der Waals surface area contributed by atoms with Crippen LogP contribution in [0, 0.1) is 0 Å². The number of unbranched alkanes of at least 4 members (excludes halogenated alkanes) is 1. The molecule has 0 aliphatic rings. The third-order valence-corrected chi connectivity index (χ3v) is 2.11. The van der Waals surface area contributed by atoms with Crippen molar-refractivity contribution in [2.45, 2.75) is 33.6 Å². The molecule has 2 heteroatoms. The van der Waals surface area contributed by atoms with Crippen molar-refractivity contribution in [1.82, 2.24) is 4.90 Å². The summed E-state index contributed by atoms with van der Waals surface area (Å²) in [5.74, 6) is 0.822. The quantitative estimate of drug-likeness (QED) is 0.426. The molecule has 0 aromatic heterocycles. The van der Waals surface area contributed by atoms with E-state index in [1.165, 1.54) is 13.0 Å². The van der Waals surface area contributed by atoms with Crippen LogP contribution in [-0.4, -0.2) is 31.1 Å². The number of hydrogen-bond acceptors (Lipinski definition) is 2. The van der Waals surface area contributed by atoms with Crippen LogP contribution in [0.25, 0.3) is 0 Å². The van der Waals surface area contributed by atoms with Crippen molar-refractivity contribution in [3.8, 4) is 0 Å². The number of rotatable bonds is 8. The van der Waals surface area contributed by atoms with E-state index in [2.05, 4.69) is 25.3 Å². The third kappa shape index (κ3) is 7.85. The zero-order chi connectivity index (χ0) is 10.1. The maximum absolute atomic E-state index is 5.28. The third-order valence-electron chi connectivity index (χ3n) is 2.11. The Kier molecular flexibility index (Phi) is 7.80. The first-order valence-electron chi connectivity index (χ1n) is 5.21. The second-order valence-electron chi connectivity index (χ2n) is 3.28. The zero-order valence-corrected chi connectivity index (χ0v) is 9.31. The van der Waals surface area contributed by atoms with Crippen molar-refractivity contribution >= 4 is 0 Å². The van der Waals surface area contributed by atoms with Gasteiger partial charge in [-0.3, -0.25) is 0 Å². The van der Waals surface area contributed by atoms with Crippen molar-refractivity contribution in [1.29, 1.82) is 0 Å². The summed E-state index contributed by atoms with van der Waals surface area (Å²) < 4.78 is 5.28. The molecule has 0 heterocycles. The van der Waals surface area contributed by atoms with E-state index in [1.54, 1.807) is 0 Å². The lowest BCUT2D eigenvalue weighted by Crippen LogP contribution is -2.24. The van der Waals surface area contributed by atoms with Crippen LogP contribution in [0.5, 0.6) is 0 Å². The zero-order valence-electron chi connectivity index (χ0n) is 9.31. The molecule has 0 radical (unpaired) electrons. The number of hydrogen-bond donors (Lipinski definition) is 0. The van der Waals surface area contributed by atoms with Gasteiger partial charge in [0.15, 0.2) is 0 Å². The lowest BCUT2D eigenvalue weighted by molar-refractivity contribution is 0.200. The van der Waals surface area contributed by atoms with Crippen LogP contribution in [0.3, 0.4) is 0 Å². The highest BCUT2D eigenvalue weighted by Gasteiger charge is 1.97. The van der Waals surface area contributed by atoms with Crippen LogP contribution >= 0.6 is 0 Å². The summed E-state index contributed by atoms with van der Waals surface area (Å²) in [6.45, 7) is 14.3. The molecule has 0 unspecified atom stereocenters. The number of allylic oxidation sites excluding steroid dienone is 1. The van der Waals surface area contributed by atoms with Gasteiger partial charge >= 0.3 is 0 Å². The lowest BCUT2D eigenvalue weighted by Gasteiger charge is -2.17. The second-order valence-corrected chi connectivity index (χ2v) is 3.28. The molecule has 13 heavy (non-hydrogen) atoms. The van der Waals surface area contributed by atoms with Crippen LogP contribution in [0.15, 0.2) is 12.3 Å². The maximum atomic E-state index is 5.28. The Hall–Kier alpha value is -0.500. The van der Waals surface area contributed by atoms with Gasteiger partial charge in [0, 0.05) is 0 Å². The van der Waals surface area contributed by atoms with Crippen LogP contribution in [0.1, 0.15) is 33.6 Å². The molecule has 0 saturated carbocycles. The predicted molar refractivity (Wildman–Crippen MR) is 57.8 cm³/mol. The largest absolute Gasteiger partial charge is 0.499 e.